The van der Waals surface area contributed by atoms with Gasteiger partial charge in [-0.05, 0) is 82.4 Å². The van der Waals surface area contributed by atoms with Gasteiger partial charge in [-0.2, -0.15) is 0 Å². The van der Waals surface area contributed by atoms with E-state index in [1.54, 1.807) is 0 Å². The first kappa shape index (κ1) is 25.0. The second-order valence-electron chi connectivity index (χ2n) is 11.1. The maximum absolute atomic E-state index is 12.5. The van der Waals surface area contributed by atoms with E-state index in [1.807, 2.05) is 33.9 Å². The zero-order valence-corrected chi connectivity index (χ0v) is 23.2. The molecule has 0 aromatic carbocycles. The van der Waals surface area contributed by atoms with Crippen LogP contribution in [0.5, 0.6) is 0 Å². The maximum atomic E-state index is 12.5. The molecular formula is C25H36IN5O4. The van der Waals surface area contributed by atoms with Gasteiger partial charge < -0.3 is 29.0 Å². The van der Waals surface area contributed by atoms with E-state index < -0.39 is 5.60 Å². The number of aromatic nitrogens is 3. The van der Waals surface area contributed by atoms with Crippen molar-refractivity contribution >= 4 is 45.7 Å². The first-order valence-electron chi connectivity index (χ1n) is 12.7. The van der Waals surface area contributed by atoms with Gasteiger partial charge in [0.2, 0.25) is 0 Å². The van der Waals surface area contributed by atoms with E-state index in [4.69, 9.17) is 24.2 Å². The molecule has 0 aliphatic carbocycles. The molecule has 3 aliphatic heterocycles. The summed E-state index contributed by atoms with van der Waals surface area (Å²) in [5, 5.41) is 3.12. The monoisotopic (exact) mass is 597 g/mol. The van der Waals surface area contributed by atoms with Crippen LogP contribution in [0.15, 0.2) is 12.4 Å². The van der Waals surface area contributed by atoms with E-state index in [0.29, 0.717) is 6.61 Å². The summed E-state index contributed by atoms with van der Waals surface area (Å²) in [6, 6.07) is -0.0738. The topological polar surface area (TPSA) is 90.7 Å². The average molecular weight is 597 g/mol. The molecule has 9 nitrogen and oxygen atoms in total. The van der Waals surface area contributed by atoms with Gasteiger partial charge in [0.25, 0.3) is 0 Å². The molecule has 1 spiro atoms. The summed E-state index contributed by atoms with van der Waals surface area (Å²) < 4.78 is 20.9. The molecule has 2 aromatic heterocycles. The van der Waals surface area contributed by atoms with Crippen molar-refractivity contribution < 1.29 is 19.0 Å². The van der Waals surface area contributed by atoms with Gasteiger partial charge >= 0.3 is 6.09 Å². The zero-order chi connectivity index (χ0) is 24.8. The number of carbonyl (C=O) groups is 1. The second-order valence-corrected chi connectivity index (χ2v) is 12.3. The number of ether oxygens (including phenoxy) is 3. The van der Waals surface area contributed by atoms with Crippen molar-refractivity contribution in [2.75, 3.05) is 31.2 Å². The Morgan fingerprint density at radius 1 is 1.26 bits per heavy atom. The molecule has 3 aliphatic rings. The molecule has 5 rings (SSSR count). The zero-order valence-electron chi connectivity index (χ0n) is 21.1. The minimum atomic E-state index is -0.529. The highest BCUT2D eigenvalue weighted by Crippen LogP contribution is 2.43. The summed E-state index contributed by atoms with van der Waals surface area (Å²) in [5.41, 5.74) is 1.19. The Kier molecular flexibility index (Phi) is 6.90. The fourth-order valence-electron chi connectivity index (χ4n) is 5.60. The number of nitrogens with zero attached hydrogens (tertiary/aromatic N) is 4. The summed E-state index contributed by atoms with van der Waals surface area (Å²) in [6.07, 6.45) is 8.70. The average Bonchev–Trinajstić information content (AvgIpc) is 3.31. The number of rotatable bonds is 3. The molecule has 1 N–H and O–H groups in total. The molecule has 0 saturated carbocycles. The third-order valence-electron chi connectivity index (χ3n) is 7.45. The Balaban J connectivity index is 1.31. The maximum Gasteiger partial charge on any atom is 0.407 e. The number of fused-ring (bicyclic) bond motifs is 1. The lowest BCUT2D eigenvalue weighted by molar-refractivity contribution is -0.0295. The highest BCUT2D eigenvalue weighted by molar-refractivity contribution is 14.1. The van der Waals surface area contributed by atoms with Gasteiger partial charge in [-0.1, -0.05) is 0 Å². The number of amides is 1. The van der Waals surface area contributed by atoms with Crippen molar-refractivity contribution in [1.82, 2.24) is 19.9 Å². The third kappa shape index (κ3) is 5.11. The van der Waals surface area contributed by atoms with E-state index in [0.717, 1.165) is 65.9 Å². The number of carbonyl (C=O) groups excluding carboxylic acids is 1. The summed E-state index contributed by atoms with van der Waals surface area (Å²) >= 11 is 2.33. The van der Waals surface area contributed by atoms with E-state index in [9.17, 15) is 4.79 Å². The van der Waals surface area contributed by atoms with Crippen LogP contribution >= 0.6 is 22.6 Å². The number of piperidine rings is 1. The van der Waals surface area contributed by atoms with E-state index in [1.165, 1.54) is 6.42 Å². The van der Waals surface area contributed by atoms with Crippen LogP contribution in [-0.2, 0) is 14.2 Å². The lowest BCUT2D eigenvalue weighted by Gasteiger charge is -2.42. The van der Waals surface area contributed by atoms with Crippen LogP contribution in [0.2, 0.25) is 0 Å². The SMILES string of the molecule is C[C@@H]1OCC2(CCN(c3cnc4c(I)cn(C5CCCCO5)c4n3)CC2)C1NC(=O)OC(C)(C)C. The first-order chi connectivity index (χ1) is 16.7. The molecule has 0 bridgehead atoms. The van der Waals surface area contributed by atoms with Crippen molar-refractivity contribution in [3.05, 3.63) is 16.0 Å². The largest absolute Gasteiger partial charge is 0.444 e. The Morgan fingerprint density at radius 2 is 2.03 bits per heavy atom. The third-order valence-corrected chi connectivity index (χ3v) is 8.24. The van der Waals surface area contributed by atoms with Crippen molar-refractivity contribution in [1.29, 1.82) is 0 Å². The molecule has 0 radical (unpaired) electrons. The molecule has 10 heteroatoms. The highest BCUT2D eigenvalue weighted by Gasteiger charge is 2.50. The lowest BCUT2D eigenvalue weighted by Crippen LogP contribution is -2.55. The number of hydrogen-bond acceptors (Lipinski definition) is 7. The molecule has 3 atom stereocenters. The summed E-state index contributed by atoms with van der Waals surface area (Å²) in [7, 11) is 0. The highest BCUT2D eigenvalue weighted by atomic mass is 127. The molecule has 1 amide bonds. The van der Waals surface area contributed by atoms with Gasteiger partial charge in [0.1, 0.15) is 23.2 Å². The molecule has 3 fully saturated rings. The molecule has 2 aromatic rings. The number of halogens is 1. The van der Waals surface area contributed by atoms with Crippen LogP contribution in [0.3, 0.4) is 0 Å². The van der Waals surface area contributed by atoms with Crippen LogP contribution in [0, 0.1) is 8.99 Å². The van der Waals surface area contributed by atoms with Crippen molar-refractivity contribution in [2.24, 2.45) is 5.41 Å². The smallest absolute Gasteiger partial charge is 0.407 e. The fraction of sp³-hybridized carbons (Fsp3) is 0.720. The van der Waals surface area contributed by atoms with Crippen LogP contribution in [0.25, 0.3) is 11.2 Å². The Bertz CT molecular complexity index is 1070. The van der Waals surface area contributed by atoms with E-state index in [2.05, 4.69) is 43.6 Å². The summed E-state index contributed by atoms with van der Waals surface area (Å²) in [6.45, 7) is 10.8. The predicted octanol–water partition coefficient (Wildman–Crippen LogP) is 4.63. The normalized spacial score (nSPS) is 26.9. The Morgan fingerprint density at radius 3 is 2.71 bits per heavy atom. The van der Waals surface area contributed by atoms with Crippen molar-refractivity contribution in [3.8, 4) is 0 Å². The van der Waals surface area contributed by atoms with Gasteiger partial charge in [0.05, 0.1) is 28.5 Å². The predicted molar refractivity (Wildman–Crippen MR) is 142 cm³/mol. The number of hydrogen-bond donors (Lipinski definition) is 1. The number of nitrogens with one attached hydrogen (secondary N) is 1. The minimum absolute atomic E-state index is 0.0285. The molecule has 5 heterocycles. The first-order valence-corrected chi connectivity index (χ1v) is 13.7. The quantitative estimate of drug-likeness (QED) is 0.516. The van der Waals surface area contributed by atoms with Crippen LogP contribution in [0.1, 0.15) is 66.0 Å². The molecule has 2 unspecified atom stereocenters. The van der Waals surface area contributed by atoms with E-state index in [-0.39, 0.29) is 29.9 Å². The molecule has 192 valence electrons. The van der Waals surface area contributed by atoms with Gasteiger partial charge in [0.15, 0.2) is 5.65 Å². The molecule has 35 heavy (non-hydrogen) atoms. The number of anilines is 1. The van der Waals surface area contributed by atoms with Crippen LogP contribution in [-0.4, -0.2) is 64.7 Å². The van der Waals surface area contributed by atoms with Crippen LogP contribution < -0.4 is 10.2 Å². The van der Waals surface area contributed by atoms with E-state index >= 15 is 0 Å². The molecular weight excluding hydrogens is 561 g/mol. The summed E-state index contributed by atoms with van der Waals surface area (Å²) in [5.74, 6) is 0.891. The Labute approximate surface area is 220 Å². The van der Waals surface area contributed by atoms with Crippen molar-refractivity contribution in [2.45, 2.75) is 83.8 Å². The fourth-order valence-corrected chi connectivity index (χ4v) is 6.28. The minimum Gasteiger partial charge on any atom is -0.444 e. The lowest BCUT2D eigenvalue weighted by atomic mass is 9.73. The Hall–Kier alpha value is -1.66. The van der Waals surface area contributed by atoms with Gasteiger partial charge in [-0.3, -0.25) is 0 Å². The van der Waals surface area contributed by atoms with Gasteiger partial charge in [-0.15, -0.1) is 0 Å². The van der Waals surface area contributed by atoms with Gasteiger partial charge in [-0.25, -0.2) is 14.8 Å². The van der Waals surface area contributed by atoms with Gasteiger partial charge in [0, 0.05) is 31.3 Å². The number of alkyl carbamates (subject to hydrolysis) is 1. The molecule has 3 saturated heterocycles. The van der Waals surface area contributed by atoms with Crippen LogP contribution in [0.4, 0.5) is 10.6 Å². The van der Waals surface area contributed by atoms with Crippen molar-refractivity contribution in [3.63, 3.8) is 0 Å². The standard InChI is InChI=1S/C25H36IN5O4/c1-16-21(29-23(32)35-24(2,3)4)25(15-34-16)8-10-30(11-9-25)18-13-27-20-17(26)14-31(22(20)28-18)19-7-5-6-12-33-19/h13-14,16,19,21H,5-12,15H2,1-4H3,(H,29,32)/t16-,19?,21?/m0/s1. The second kappa shape index (κ2) is 9.66. The summed E-state index contributed by atoms with van der Waals surface area (Å²) in [4.78, 5) is 24.7.